The van der Waals surface area contributed by atoms with E-state index in [2.05, 4.69) is 12.1 Å². The summed E-state index contributed by atoms with van der Waals surface area (Å²) in [4.78, 5) is 0. The van der Waals surface area contributed by atoms with Crippen LogP contribution >= 0.6 is 0 Å². The molecule has 1 heterocycles. The van der Waals surface area contributed by atoms with Crippen LogP contribution in [0.1, 0.15) is 24.0 Å². The van der Waals surface area contributed by atoms with Crippen LogP contribution in [0, 0.1) is 0 Å². The summed E-state index contributed by atoms with van der Waals surface area (Å²) in [5, 5.41) is 0. The number of hydrogen-bond acceptors (Lipinski definition) is 4. The number of ether oxygens (including phenoxy) is 1. The molecule has 0 bridgehead atoms. The van der Waals surface area contributed by atoms with Gasteiger partial charge in [0.2, 0.25) is 0 Å². The van der Waals surface area contributed by atoms with Gasteiger partial charge in [-0.1, -0.05) is 24.3 Å². The van der Waals surface area contributed by atoms with Crippen LogP contribution in [0.25, 0.3) is 0 Å². The molecule has 5 heteroatoms. The molecule has 0 amide bonds. The SMILES string of the molecule is CS(=O)(=O)OC1CCOC2(Cc3ccccc3C2)C1. The largest absolute Gasteiger partial charge is 0.374 e. The zero-order chi connectivity index (χ0) is 13.5. The molecule has 0 aromatic heterocycles. The number of benzene rings is 1. The Morgan fingerprint density at radius 1 is 1.26 bits per heavy atom. The lowest BCUT2D eigenvalue weighted by atomic mass is 9.89. The van der Waals surface area contributed by atoms with Crippen LogP contribution in [-0.4, -0.2) is 33.0 Å². The van der Waals surface area contributed by atoms with E-state index in [1.54, 1.807) is 0 Å². The minimum absolute atomic E-state index is 0.252. The number of rotatable bonds is 2. The van der Waals surface area contributed by atoms with Gasteiger partial charge in [0, 0.05) is 25.9 Å². The second kappa shape index (κ2) is 4.58. The Labute approximate surface area is 113 Å². The van der Waals surface area contributed by atoms with Crippen LogP contribution in [0.4, 0.5) is 0 Å². The Morgan fingerprint density at radius 2 is 1.89 bits per heavy atom. The maximum atomic E-state index is 11.3. The summed E-state index contributed by atoms with van der Waals surface area (Å²) in [7, 11) is -3.39. The van der Waals surface area contributed by atoms with E-state index in [-0.39, 0.29) is 11.7 Å². The molecule has 1 aromatic carbocycles. The average molecular weight is 282 g/mol. The zero-order valence-corrected chi connectivity index (χ0v) is 11.8. The Kier molecular flexibility index (Phi) is 3.15. The summed E-state index contributed by atoms with van der Waals surface area (Å²) in [5.74, 6) is 0. The Balaban J connectivity index is 1.76. The van der Waals surface area contributed by atoms with Gasteiger partial charge in [-0.25, -0.2) is 0 Å². The van der Waals surface area contributed by atoms with Gasteiger partial charge in [0.05, 0.1) is 18.0 Å². The Hall–Kier alpha value is -0.910. The van der Waals surface area contributed by atoms with Crippen LogP contribution in [0.5, 0.6) is 0 Å². The average Bonchev–Trinajstić information content (AvgIpc) is 2.63. The third kappa shape index (κ3) is 2.83. The highest BCUT2D eigenvalue weighted by atomic mass is 32.2. The van der Waals surface area contributed by atoms with Gasteiger partial charge < -0.3 is 4.74 Å². The fourth-order valence-electron chi connectivity index (χ4n) is 3.22. The molecule has 104 valence electrons. The minimum atomic E-state index is -3.39. The molecule has 0 N–H and O–H groups in total. The van der Waals surface area contributed by atoms with Gasteiger partial charge in [0.15, 0.2) is 0 Å². The molecule has 1 aliphatic carbocycles. The van der Waals surface area contributed by atoms with E-state index < -0.39 is 10.1 Å². The third-order valence-corrected chi connectivity index (χ3v) is 4.52. The summed E-state index contributed by atoms with van der Waals surface area (Å²) in [6, 6.07) is 8.30. The van der Waals surface area contributed by atoms with Gasteiger partial charge in [-0.05, 0) is 17.5 Å². The zero-order valence-electron chi connectivity index (χ0n) is 11.0. The molecular weight excluding hydrogens is 264 g/mol. The summed E-state index contributed by atoms with van der Waals surface area (Å²) in [6.45, 7) is 0.564. The highest BCUT2D eigenvalue weighted by molar-refractivity contribution is 7.86. The van der Waals surface area contributed by atoms with Crippen LogP contribution in [-0.2, 0) is 31.9 Å². The fraction of sp³-hybridized carbons (Fsp3) is 0.571. The molecule has 2 aliphatic rings. The van der Waals surface area contributed by atoms with E-state index >= 15 is 0 Å². The van der Waals surface area contributed by atoms with E-state index in [0.29, 0.717) is 19.4 Å². The molecule has 1 spiro atoms. The minimum Gasteiger partial charge on any atom is -0.374 e. The normalized spacial score (nSPS) is 25.4. The summed E-state index contributed by atoms with van der Waals surface area (Å²) in [5.41, 5.74) is 2.35. The first-order valence-corrected chi connectivity index (χ1v) is 8.36. The van der Waals surface area contributed by atoms with Gasteiger partial charge in [-0.15, -0.1) is 0 Å². The van der Waals surface area contributed by atoms with Crippen molar-refractivity contribution in [2.45, 2.75) is 37.4 Å². The predicted octanol–water partition coefficient (Wildman–Crippen LogP) is 1.68. The summed E-state index contributed by atoms with van der Waals surface area (Å²) in [6.07, 6.45) is 3.86. The lowest BCUT2D eigenvalue weighted by molar-refractivity contribution is -0.104. The van der Waals surface area contributed by atoms with Crippen LogP contribution < -0.4 is 0 Å². The second-order valence-corrected chi connectivity index (χ2v) is 7.17. The van der Waals surface area contributed by atoms with Crippen LogP contribution in [0.2, 0.25) is 0 Å². The Bertz CT molecular complexity index is 554. The van der Waals surface area contributed by atoms with Crippen LogP contribution in [0.3, 0.4) is 0 Å². The monoisotopic (exact) mass is 282 g/mol. The van der Waals surface area contributed by atoms with E-state index in [1.807, 2.05) is 12.1 Å². The molecule has 1 aliphatic heterocycles. The first-order chi connectivity index (χ1) is 8.96. The van der Waals surface area contributed by atoms with E-state index in [0.717, 1.165) is 19.1 Å². The van der Waals surface area contributed by atoms with Crippen LogP contribution in [0.15, 0.2) is 24.3 Å². The summed E-state index contributed by atoms with van der Waals surface area (Å²) < 4.78 is 33.7. The highest BCUT2D eigenvalue weighted by Gasteiger charge is 2.43. The lowest BCUT2D eigenvalue weighted by Crippen LogP contribution is -2.44. The van der Waals surface area contributed by atoms with Gasteiger partial charge in [0.1, 0.15) is 0 Å². The van der Waals surface area contributed by atoms with Crippen molar-refractivity contribution in [3.05, 3.63) is 35.4 Å². The molecule has 1 aromatic rings. The second-order valence-electron chi connectivity index (χ2n) is 5.57. The van der Waals surface area contributed by atoms with E-state index in [1.165, 1.54) is 11.1 Å². The molecule has 19 heavy (non-hydrogen) atoms. The molecule has 1 saturated heterocycles. The van der Waals surface area contributed by atoms with E-state index in [4.69, 9.17) is 8.92 Å². The lowest BCUT2D eigenvalue weighted by Gasteiger charge is -2.37. The molecular formula is C14H18O4S. The molecule has 0 saturated carbocycles. The standard InChI is InChI=1S/C14H18O4S/c1-19(15,16)18-13-6-7-17-14(10-13)8-11-4-2-3-5-12(11)9-14/h2-5,13H,6-10H2,1H3. The maximum absolute atomic E-state index is 11.3. The van der Waals surface area contributed by atoms with Crippen molar-refractivity contribution in [3.8, 4) is 0 Å². The smallest absolute Gasteiger partial charge is 0.264 e. The first kappa shape index (κ1) is 13.1. The van der Waals surface area contributed by atoms with Crippen molar-refractivity contribution in [2.24, 2.45) is 0 Å². The highest BCUT2D eigenvalue weighted by Crippen LogP contribution is 2.39. The quantitative estimate of drug-likeness (QED) is 0.774. The first-order valence-electron chi connectivity index (χ1n) is 6.55. The van der Waals surface area contributed by atoms with Crippen molar-refractivity contribution in [2.75, 3.05) is 12.9 Å². The number of hydrogen-bond donors (Lipinski definition) is 0. The van der Waals surface area contributed by atoms with Gasteiger partial charge >= 0.3 is 0 Å². The van der Waals surface area contributed by atoms with Crippen molar-refractivity contribution >= 4 is 10.1 Å². The third-order valence-electron chi connectivity index (χ3n) is 3.90. The van der Waals surface area contributed by atoms with E-state index in [9.17, 15) is 8.42 Å². The molecule has 1 fully saturated rings. The van der Waals surface area contributed by atoms with Crippen molar-refractivity contribution in [1.29, 1.82) is 0 Å². The fourth-order valence-corrected chi connectivity index (χ4v) is 3.88. The van der Waals surface area contributed by atoms with Gasteiger partial charge in [-0.3, -0.25) is 4.18 Å². The van der Waals surface area contributed by atoms with Crippen molar-refractivity contribution in [1.82, 2.24) is 0 Å². The molecule has 4 nitrogen and oxygen atoms in total. The molecule has 1 atom stereocenters. The predicted molar refractivity (Wildman–Crippen MR) is 71.5 cm³/mol. The topological polar surface area (TPSA) is 52.6 Å². The van der Waals surface area contributed by atoms with Crippen molar-refractivity contribution < 1.29 is 17.3 Å². The number of fused-ring (bicyclic) bond motifs is 1. The molecule has 3 rings (SSSR count). The maximum Gasteiger partial charge on any atom is 0.264 e. The van der Waals surface area contributed by atoms with Gasteiger partial charge in [-0.2, -0.15) is 8.42 Å². The molecule has 1 unspecified atom stereocenters. The van der Waals surface area contributed by atoms with Gasteiger partial charge in [0.25, 0.3) is 10.1 Å². The van der Waals surface area contributed by atoms with Crippen molar-refractivity contribution in [3.63, 3.8) is 0 Å². The Morgan fingerprint density at radius 3 is 2.47 bits per heavy atom. The molecule has 0 radical (unpaired) electrons. The summed E-state index contributed by atoms with van der Waals surface area (Å²) >= 11 is 0.